The van der Waals surface area contributed by atoms with Gasteiger partial charge in [0.15, 0.2) is 11.9 Å². The number of rotatable bonds is 1. The van der Waals surface area contributed by atoms with Crippen molar-refractivity contribution < 1.29 is 4.84 Å². The summed E-state index contributed by atoms with van der Waals surface area (Å²) in [4.78, 5) is 8.98. The van der Waals surface area contributed by atoms with E-state index in [-0.39, 0.29) is 6.10 Å². The Morgan fingerprint density at radius 1 is 1.77 bits per heavy atom. The van der Waals surface area contributed by atoms with Crippen molar-refractivity contribution in [2.45, 2.75) is 19.4 Å². The zero-order chi connectivity index (χ0) is 9.26. The summed E-state index contributed by atoms with van der Waals surface area (Å²) in [6, 6.07) is 0. The van der Waals surface area contributed by atoms with Gasteiger partial charge >= 0.3 is 0 Å². The van der Waals surface area contributed by atoms with E-state index < -0.39 is 0 Å². The second-order valence-corrected chi connectivity index (χ2v) is 2.96. The minimum Gasteiger partial charge on any atom is -0.384 e. The molecule has 0 saturated carbocycles. The molecule has 1 aromatic heterocycles. The molecule has 0 amide bonds. The summed E-state index contributed by atoms with van der Waals surface area (Å²) in [5, 5.41) is 11.3. The Bertz CT molecular complexity index is 341. The molecule has 1 aromatic rings. The lowest BCUT2D eigenvalue weighted by molar-refractivity contribution is 0.132. The second-order valence-electron chi connectivity index (χ2n) is 2.96. The molecular formula is C8H10N4O. The van der Waals surface area contributed by atoms with Gasteiger partial charge in [-0.1, -0.05) is 5.16 Å². The molecule has 2 rings (SSSR count). The molecule has 68 valence electrons. The molecule has 1 aliphatic rings. The van der Waals surface area contributed by atoms with Crippen LogP contribution in [0.1, 0.15) is 13.3 Å². The van der Waals surface area contributed by atoms with Gasteiger partial charge in [0, 0.05) is 18.1 Å². The summed E-state index contributed by atoms with van der Waals surface area (Å²) in [6.07, 6.45) is 5.62. The maximum Gasteiger partial charge on any atom is 0.171 e. The number of oxime groups is 1. The average Bonchev–Trinajstić information content (AvgIpc) is 2.75. The van der Waals surface area contributed by atoms with Crippen LogP contribution in [0.4, 0.5) is 0 Å². The monoisotopic (exact) mass is 178 g/mol. The van der Waals surface area contributed by atoms with Crippen molar-refractivity contribution in [2.24, 2.45) is 5.16 Å². The first kappa shape index (κ1) is 7.97. The smallest absolute Gasteiger partial charge is 0.171 e. The molecule has 1 atom stereocenters. The molecule has 0 fully saturated rings. The third-order valence-electron chi connectivity index (χ3n) is 1.94. The fourth-order valence-corrected chi connectivity index (χ4v) is 1.16. The van der Waals surface area contributed by atoms with Gasteiger partial charge in [-0.05, 0) is 6.92 Å². The van der Waals surface area contributed by atoms with Gasteiger partial charge in [-0.15, -0.1) is 0 Å². The Kier molecular flexibility index (Phi) is 1.84. The normalized spacial score (nSPS) is 21.0. The van der Waals surface area contributed by atoms with E-state index in [0.29, 0.717) is 12.1 Å². The third-order valence-corrected chi connectivity index (χ3v) is 1.94. The van der Waals surface area contributed by atoms with Crippen LogP contribution in [0, 0.1) is 5.41 Å². The average molecular weight is 178 g/mol. The van der Waals surface area contributed by atoms with Crippen molar-refractivity contribution in [3.8, 4) is 0 Å². The van der Waals surface area contributed by atoms with Crippen molar-refractivity contribution >= 4 is 11.5 Å². The maximum absolute atomic E-state index is 7.38. The molecule has 13 heavy (non-hydrogen) atoms. The van der Waals surface area contributed by atoms with E-state index in [0.717, 1.165) is 5.84 Å². The number of nitrogens with one attached hydrogen (secondary N) is 1. The van der Waals surface area contributed by atoms with Crippen molar-refractivity contribution in [1.82, 2.24) is 9.55 Å². The van der Waals surface area contributed by atoms with Crippen LogP contribution in [0.15, 0.2) is 23.9 Å². The lowest BCUT2D eigenvalue weighted by atomic mass is 10.2. The van der Waals surface area contributed by atoms with E-state index in [4.69, 9.17) is 10.2 Å². The van der Waals surface area contributed by atoms with Crippen LogP contribution in [0.3, 0.4) is 0 Å². The Morgan fingerprint density at radius 2 is 2.62 bits per heavy atom. The van der Waals surface area contributed by atoms with Crippen LogP contribution in [0.25, 0.3) is 0 Å². The van der Waals surface area contributed by atoms with E-state index in [9.17, 15) is 0 Å². The summed E-state index contributed by atoms with van der Waals surface area (Å²) in [7, 11) is 0. The van der Waals surface area contributed by atoms with Gasteiger partial charge in [0.1, 0.15) is 6.33 Å². The molecule has 1 unspecified atom stereocenters. The first-order valence-electron chi connectivity index (χ1n) is 4.03. The van der Waals surface area contributed by atoms with Gasteiger partial charge in [-0.3, -0.25) is 4.57 Å². The van der Waals surface area contributed by atoms with Crippen LogP contribution in [-0.4, -0.2) is 27.2 Å². The predicted molar refractivity (Wildman–Crippen MR) is 48.0 cm³/mol. The first-order valence-corrected chi connectivity index (χ1v) is 4.03. The molecular weight excluding hydrogens is 168 g/mol. The molecule has 0 saturated heterocycles. The summed E-state index contributed by atoms with van der Waals surface area (Å²) < 4.78 is 1.79. The highest BCUT2D eigenvalue weighted by Gasteiger charge is 2.23. The Balaban J connectivity index is 2.10. The molecule has 5 heteroatoms. The van der Waals surface area contributed by atoms with Crippen LogP contribution in [0.2, 0.25) is 0 Å². The van der Waals surface area contributed by atoms with Gasteiger partial charge < -0.3 is 10.2 Å². The van der Waals surface area contributed by atoms with E-state index in [1.165, 1.54) is 0 Å². The summed E-state index contributed by atoms with van der Waals surface area (Å²) in [5.74, 6) is 0.800. The quantitative estimate of drug-likeness (QED) is 0.648. The molecule has 1 N–H and O–H groups in total. The molecule has 0 radical (unpaired) electrons. The third kappa shape index (κ3) is 1.44. The molecule has 0 bridgehead atoms. The minimum absolute atomic E-state index is 0.197. The summed E-state index contributed by atoms with van der Waals surface area (Å²) in [5.41, 5.74) is 0.499. The van der Waals surface area contributed by atoms with E-state index in [1.807, 2.05) is 6.20 Å². The number of imidazole rings is 1. The SMILES string of the molecule is CC(=N)C1CC(n2ccnc2)=NO1. The standard InChI is InChI=1S/C8H10N4O/c1-6(9)7-4-8(11-13-7)12-3-2-10-5-12/h2-3,5,7,9H,4H2,1H3. The molecule has 5 nitrogen and oxygen atoms in total. The van der Waals surface area contributed by atoms with Crippen molar-refractivity contribution in [3.63, 3.8) is 0 Å². The van der Waals surface area contributed by atoms with Gasteiger partial charge in [0.2, 0.25) is 0 Å². The largest absolute Gasteiger partial charge is 0.384 e. The van der Waals surface area contributed by atoms with Crippen LogP contribution >= 0.6 is 0 Å². The Morgan fingerprint density at radius 3 is 3.15 bits per heavy atom. The van der Waals surface area contributed by atoms with E-state index >= 15 is 0 Å². The van der Waals surface area contributed by atoms with Gasteiger partial charge in [0.25, 0.3) is 0 Å². The number of hydrogen-bond acceptors (Lipinski definition) is 4. The van der Waals surface area contributed by atoms with Gasteiger partial charge in [-0.2, -0.15) is 0 Å². The topological polar surface area (TPSA) is 63.3 Å². The number of nitrogens with zero attached hydrogens (tertiary/aromatic N) is 3. The van der Waals surface area contributed by atoms with Gasteiger partial charge in [-0.25, -0.2) is 4.98 Å². The lowest BCUT2D eigenvalue weighted by Crippen LogP contribution is -2.18. The molecule has 2 heterocycles. The highest BCUT2D eigenvalue weighted by Crippen LogP contribution is 2.12. The fraction of sp³-hybridized carbons (Fsp3) is 0.375. The highest BCUT2D eigenvalue weighted by atomic mass is 16.6. The Labute approximate surface area is 75.5 Å². The molecule has 0 aromatic carbocycles. The Hall–Kier alpha value is -1.65. The summed E-state index contributed by atoms with van der Waals surface area (Å²) >= 11 is 0. The number of aromatic nitrogens is 2. The fourth-order valence-electron chi connectivity index (χ4n) is 1.16. The van der Waals surface area contributed by atoms with Crippen molar-refractivity contribution in [3.05, 3.63) is 18.7 Å². The van der Waals surface area contributed by atoms with Crippen LogP contribution < -0.4 is 0 Å². The first-order chi connectivity index (χ1) is 6.27. The number of hydrogen-bond donors (Lipinski definition) is 1. The minimum atomic E-state index is -0.197. The molecule has 0 aliphatic carbocycles. The van der Waals surface area contributed by atoms with Crippen LogP contribution in [0.5, 0.6) is 0 Å². The zero-order valence-corrected chi connectivity index (χ0v) is 7.27. The molecule has 1 aliphatic heterocycles. The van der Waals surface area contributed by atoms with Crippen molar-refractivity contribution in [2.75, 3.05) is 0 Å². The van der Waals surface area contributed by atoms with Crippen LogP contribution in [-0.2, 0) is 4.84 Å². The molecule has 0 spiro atoms. The van der Waals surface area contributed by atoms with Gasteiger partial charge in [0.05, 0.1) is 6.42 Å². The lowest BCUT2D eigenvalue weighted by Gasteiger charge is -2.03. The highest BCUT2D eigenvalue weighted by molar-refractivity contribution is 5.93. The van der Waals surface area contributed by atoms with Crippen molar-refractivity contribution in [1.29, 1.82) is 5.41 Å². The maximum atomic E-state index is 7.38. The second kappa shape index (κ2) is 3.01. The zero-order valence-electron chi connectivity index (χ0n) is 7.27. The van der Waals surface area contributed by atoms with E-state index in [2.05, 4.69) is 10.1 Å². The predicted octanol–water partition coefficient (Wildman–Crippen LogP) is 0.873. The summed E-state index contributed by atoms with van der Waals surface area (Å²) in [6.45, 7) is 1.72. The van der Waals surface area contributed by atoms with E-state index in [1.54, 1.807) is 24.0 Å².